The van der Waals surface area contributed by atoms with Gasteiger partial charge in [-0.25, -0.2) is 8.42 Å². The van der Waals surface area contributed by atoms with Crippen LogP contribution < -0.4 is 0 Å². The molecular weight excluding hydrogens is 382 g/mol. The number of rotatable bonds is 4. The van der Waals surface area contributed by atoms with Crippen molar-refractivity contribution in [1.82, 2.24) is 18.9 Å². The van der Waals surface area contributed by atoms with Crippen molar-refractivity contribution in [1.29, 1.82) is 0 Å². The first kappa shape index (κ1) is 18.5. The first-order valence-corrected chi connectivity index (χ1v) is 10.4. The lowest BCUT2D eigenvalue weighted by molar-refractivity contribution is -0.385. The van der Waals surface area contributed by atoms with Crippen molar-refractivity contribution < 1.29 is 13.3 Å². The van der Waals surface area contributed by atoms with E-state index in [1.807, 2.05) is 28.8 Å². The molecule has 1 aliphatic rings. The van der Waals surface area contributed by atoms with Gasteiger partial charge in [0.2, 0.25) is 10.0 Å². The molecule has 1 aromatic carbocycles. The molecule has 0 atom stereocenters. The molecular formula is C18H19N5O4S. The summed E-state index contributed by atoms with van der Waals surface area (Å²) in [6.07, 6.45) is 3.13. The number of nitro groups is 1. The smallest absolute Gasteiger partial charge is 0.273 e. The van der Waals surface area contributed by atoms with Gasteiger partial charge in [-0.15, -0.1) is 10.2 Å². The highest BCUT2D eigenvalue weighted by molar-refractivity contribution is 7.89. The fourth-order valence-corrected chi connectivity index (χ4v) is 5.08. The van der Waals surface area contributed by atoms with Gasteiger partial charge in [0, 0.05) is 36.8 Å². The van der Waals surface area contributed by atoms with Gasteiger partial charge in [-0.2, -0.15) is 4.31 Å². The van der Waals surface area contributed by atoms with E-state index in [2.05, 4.69) is 10.2 Å². The summed E-state index contributed by atoms with van der Waals surface area (Å²) in [5, 5.41) is 19.6. The molecule has 0 radical (unpaired) electrons. The number of aryl methyl sites for hydroxylation is 1. The molecule has 28 heavy (non-hydrogen) atoms. The SMILES string of the molecule is Cc1ccc(S(=O)(=O)N2CCC(c3nnc4ccccn34)CC2)cc1[N+](=O)[O-]. The lowest BCUT2D eigenvalue weighted by Gasteiger charge is -2.30. The highest BCUT2D eigenvalue weighted by Gasteiger charge is 2.32. The molecule has 0 saturated carbocycles. The third-order valence-electron chi connectivity index (χ3n) is 5.17. The van der Waals surface area contributed by atoms with Crippen LogP contribution in [0.25, 0.3) is 5.65 Å². The van der Waals surface area contributed by atoms with Crippen LogP contribution in [0.4, 0.5) is 5.69 Å². The normalized spacial score (nSPS) is 16.5. The van der Waals surface area contributed by atoms with E-state index in [4.69, 9.17) is 0 Å². The third-order valence-corrected chi connectivity index (χ3v) is 7.07. The van der Waals surface area contributed by atoms with Gasteiger partial charge in [-0.1, -0.05) is 12.1 Å². The number of hydrogen-bond donors (Lipinski definition) is 0. The Morgan fingerprint density at radius 1 is 1.14 bits per heavy atom. The molecule has 2 aromatic heterocycles. The number of aromatic nitrogens is 3. The largest absolute Gasteiger partial charge is 0.286 e. The van der Waals surface area contributed by atoms with Crippen molar-refractivity contribution in [3.63, 3.8) is 0 Å². The van der Waals surface area contributed by atoms with Gasteiger partial charge in [0.15, 0.2) is 5.65 Å². The predicted octanol–water partition coefficient (Wildman–Crippen LogP) is 2.51. The van der Waals surface area contributed by atoms with Crippen LogP contribution in [0.1, 0.15) is 30.1 Å². The standard InChI is InChI=1S/C18H19N5O4S/c1-13-5-6-15(12-16(13)23(24)25)28(26,27)21-10-7-14(8-11-21)18-20-19-17-4-2-3-9-22(17)18/h2-6,9,12,14H,7-8,10-11H2,1H3. The Morgan fingerprint density at radius 2 is 1.89 bits per heavy atom. The number of pyridine rings is 1. The second kappa shape index (κ2) is 6.95. The molecule has 10 heteroatoms. The summed E-state index contributed by atoms with van der Waals surface area (Å²) < 4.78 is 29.2. The van der Waals surface area contributed by atoms with Crippen LogP contribution in [0.3, 0.4) is 0 Å². The number of hydrogen-bond acceptors (Lipinski definition) is 6. The van der Waals surface area contributed by atoms with Gasteiger partial charge in [-0.05, 0) is 38.0 Å². The van der Waals surface area contributed by atoms with Crippen LogP contribution in [-0.2, 0) is 10.0 Å². The molecule has 1 saturated heterocycles. The van der Waals surface area contributed by atoms with E-state index in [9.17, 15) is 18.5 Å². The molecule has 0 bridgehead atoms. The Bertz CT molecular complexity index is 1150. The van der Waals surface area contributed by atoms with Crippen molar-refractivity contribution in [2.24, 2.45) is 0 Å². The molecule has 4 rings (SSSR count). The van der Waals surface area contributed by atoms with Gasteiger partial charge in [0.25, 0.3) is 5.69 Å². The zero-order valence-electron chi connectivity index (χ0n) is 15.2. The fourth-order valence-electron chi connectivity index (χ4n) is 3.59. The number of fused-ring (bicyclic) bond motifs is 1. The van der Waals surface area contributed by atoms with E-state index in [1.54, 1.807) is 6.92 Å². The number of sulfonamides is 1. The molecule has 146 valence electrons. The van der Waals surface area contributed by atoms with Crippen molar-refractivity contribution >= 4 is 21.4 Å². The summed E-state index contributed by atoms with van der Waals surface area (Å²) >= 11 is 0. The average Bonchev–Trinajstić information content (AvgIpc) is 3.12. The second-order valence-corrected chi connectivity index (χ2v) is 8.81. The lowest BCUT2D eigenvalue weighted by atomic mass is 9.97. The molecule has 3 aromatic rings. The van der Waals surface area contributed by atoms with Crippen LogP contribution in [-0.4, -0.2) is 45.3 Å². The molecule has 0 spiro atoms. The minimum atomic E-state index is -3.78. The minimum Gasteiger partial charge on any atom is -0.286 e. The van der Waals surface area contributed by atoms with E-state index in [0.29, 0.717) is 31.5 Å². The summed E-state index contributed by atoms with van der Waals surface area (Å²) in [5.41, 5.74) is 1.01. The number of piperidine rings is 1. The topological polar surface area (TPSA) is 111 Å². The van der Waals surface area contributed by atoms with E-state index >= 15 is 0 Å². The quantitative estimate of drug-likeness (QED) is 0.491. The van der Waals surface area contributed by atoms with E-state index in [-0.39, 0.29) is 16.5 Å². The lowest BCUT2D eigenvalue weighted by Crippen LogP contribution is -2.38. The maximum atomic E-state index is 12.9. The molecule has 0 N–H and O–H groups in total. The molecule has 1 fully saturated rings. The summed E-state index contributed by atoms with van der Waals surface area (Å²) in [6.45, 7) is 2.25. The first-order valence-electron chi connectivity index (χ1n) is 8.93. The fraction of sp³-hybridized carbons (Fsp3) is 0.333. The third kappa shape index (κ3) is 3.14. The van der Waals surface area contributed by atoms with Crippen molar-refractivity contribution in [2.75, 3.05) is 13.1 Å². The van der Waals surface area contributed by atoms with Gasteiger partial charge in [0.1, 0.15) is 5.82 Å². The van der Waals surface area contributed by atoms with Gasteiger partial charge >= 0.3 is 0 Å². The molecule has 0 amide bonds. The zero-order chi connectivity index (χ0) is 19.9. The van der Waals surface area contributed by atoms with Crippen LogP contribution in [0.2, 0.25) is 0 Å². The van der Waals surface area contributed by atoms with Crippen LogP contribution in [0.15, 0.2) is 47.5 Å². The van der Waals surface area contributed by atoms with Crippen molar-refractivity contribution in [2.45, 2.75) is 30.6 Å². The van der Waals surface area contributed by atoms with E-state index < -0.39 is 14.9 Å². The Morgan fingerprint density at radius 3 is 2.61 bits per heavy atom. The Labute approximate surface area is 161 Å². The van der Waals surface area contributed by atoms with Gasteiger partial charge < -0.3 is 0 Å². The van der Waals surface area contributed by atoms with E-state index in [1.165, 1.54) is 16.4 Å². The predicted molar refractivity (Wildman–Crippen MR) is 102 cm³/mol. The van der Waals surface area contributed by atoms with E-state index in [0.717, 1.165) is 17.5 Å². The van der Waals surface area contributed by atoms with Gasteiger partial charge in [-0.3, -0.25) is 14.5 Å². The first-order chi connectivity index (χ1) is 13.4. The highest BCUT2D eigenvalue weighted by Crippen LogP contribution is 2.31. The summed E-state index contributed by atoms with van der Waals surface area (Å²) in [6, 6.07) is 9.71. The minimum absolute atomic E-state index is 0.0452. The molecule has 9 nitrogen and oxygen atoms in total. The summed E-state index contributed by atoms with van der Waals surface area (Å²) in [5.74, 6) is 0.940. The number of nitrogens with zero attached hydrogens (tertiary/aromatic N) is 5. The van der Waals surface area contributed by atoms with Gasteiger partial charge in [0.05, 0.1) is 9.82 Å². The highest BCUT2D eigenvalue weighted by atomic mass is 32.2. The summed E-state index contributed by atoms with van der Waals surface area (Å²) in [4.78, 5) is 10.5. The van der Waals surface area contributed by atoms with Crippen LogP contribution >= 0.6 is 0 Å². The Balaban J connectivity index is 1.54. The number of benzene rings is 1. The average molecular weight is 401 g/mol. The molecule has 1 aliphatic heterocycles. The van der Waals surface area contributed by atoms with Crippen molar-refractivity contribution in [3.8, 4) is 0 Å². The molecule has 3 heterocycles. The number of nitro benzene ring substituents is 1. The maximum Gasteiger partial charge on any atom is 0.273 e. The Kier molecular flexibility index (Phi) is 4.60. The zero-order valence-corrected chi connectivity index (χ0v) is 16.0. The van der Waals surface area contributed by atoms with Crippen molar-refractivity contribution in [3.05, 3.63) is 64.1 Å². The monoisotopic (exact) mass is 401 g/mol. The molecule has 0 aliphatic carbocycles. The maximum absolute atomic E-state index is 12.9. The molecule has 0 unspecified atom stereocenters. The van der Waals surface area contributed by atoms with Crippen LogP contribution in [0.5, 0.6) is 0 Å². The van der Waals surface area contributed by atoms with Crippen LogP contribution in [0, 0.1) is 17.0 Å². The Hall–Kier alpha value is -2.85. The second-order valence-electron chi connectivity index (χ2n) is 6.87. The summed E-state index contributed by atoms with van der Waals surface area (Å²) in [7, 11) is -3.78.